The van der Waals surface area contributed by atoms with Gasteiger partial charge in [0.25, 0.3) is 5.91 Å². The van der Waals surface area contributed by atoms with Gasteiger partial charge < -0.3 is 10.6 Å². The summed E-state index contributed by atoms with van der Waals surface area (Å²) < 4.78 is 25.1. The third-order valence-corrected chi connectivity index (χ3v) is 5.45. The van der Waals surface area contributed by atoms with Gasteiger partial charge in [-0.05, 0) is 44.7 Å². The van der Waals surface area contributed by atoms with E-state index in [0.717, 1.165) is 0 Å². The summed E-state index contributed by atoms with van der Waals surface area (Å²) in [6.45, 7) is 3.02. The monoisotopic (exact) mass is 311 g/mol. The van der Waals surface area contributed by atoms with Crippen molar-refractivity contribution in [1.29, 1.82) is 0 Å². The Morgan fingerprint density at radius 2 is 2.00 bits per heavy atom. The van der Waals surface area contributed by atoms with Crippen LogP contribution in [-0.4, -0.2) is 46.3 Å². The van der Waals surface area contributed by atoms with Crippen molar-refractivity contribution in [2.24, 2.45) is 0 Å². The SMILES string of the molecule is CNC(C)CNC(=O)c1ccc(N2CCCS2(=O)=O)cc1. The number of nitrogens with one attached hydrogen (secondary N) is 2. The Hall–Kier alpha value is -1.60. The van der Waals surface area contributed by atoms with Crippen molar-refractivity contribution in [2.75, 3.05) is 30.2 Å². The lowest BCUT2D eigenvalue weighted by molar-refractivity contribution is 0.0950. The van der Waals surface area contributed by atoms with E-state index >= 15 is 0 Å². The Morgan fingerprint density at radius 3 is 2.52 bits per heavy atom. The van der Waals surface area contributed by atoms with E-state index in [9.17, 15) is 13.2 Å². The second kappa shape index (κ2) is 6.44. The topological polar surface area (TPSA) is 78.5 Å². The molecule has 1 aliphatic rings. The highest BCUT2D eigenvalue weighted by Gasteiger charge is 2.28. The first kappa shape index (κ1) is 15.8. The Bertz CT molecular complexity index is 598. The average molecular weight is 311 g/mol. The summed E-state index contributed by atoms with van der Waals surface area (Å²) >= 11 is 0. The summed E-state index contributed by atoms with van der Waals surface area (Å²) in [5.74, 6) is 0.0323. The number of hydrogen-bond donors (Lipinski definition) is 2. The molecule has 0 aliphatic carbocycles. The van der Waals surface area contributed by atoms with Crippen molar-refractivity contribution in [3.05, 3.63) is 29.8 Å². The molecule has 7 heteroatoms. The van der Waals surface area contributed by atoms with E-state index in [-0.39, 0.29) is 17.7 Å². The molecular formula is C14H21N3O3S. The molecule has 0 aromatic heterocycles. The van der Waals surface area contributed by atoms with Gasteiger partial charge in [-0.15, -0.1) is 0 Å². The fourth-order valence-electron chi connectivity index (χ4n) is 2.16. The molecule has 1 aromatic carbocycles. The molecule has 116 valence electrons. The van der Waals surface area contributed by atoms with Crippen molar-refractivity contribution in [2.45, 2.75) is 19.4 Å². The molecule has 1 fully saturated rings. The van der Waals surface area contributed by atoms with Gasteiger partial charge in [-0.25, -0.2) is 8.42 Å². The van der Waals surface area contributed by atoms with Crippen LogP contribution in [-0.2, 0) is 10.0 Å². The second-order valence-electron chi connectivity index (χ2n) is 5.19. The van der Waals surface area contributed by atoms with Gasteiger partial charge in [-0.2, -0.15) is 0 Å². The fourth-order valence-corrected chi connectivity index (χ4v) is 3.72. The molecular weight excluding hydrogens is 290 g/mol. The molecule has 1 amide bonds. The Morgan fingerprint density at radius 1 is 1.33 bits per heavy atom. The number of carbonyl (C=O) groups is 1. The van der Waals surface area contributed by atoms with Crippen LogP contribution in [0.4, 0.5) is 5.69 Å². The van der Waals surface area contributed by atoms with Gasteiger partial charge in [0.15, 0.2) is 0 Å². The van der Waals surface area contributed by atoms with E-state index in [2.05, 4.69) is 10.6 Å². The zero-order chi connectivity index (χ0) is 15.5. The van der Waals surface area contributed by atoms with Crippen LogP contribution in [0, 0.1) is 0 Å². The maximum atomic E-state index is 12.0. The van der Waals surface area contributed by atoms with Gasteiger partial charge in [-0.3, -0.25) is 9.10 Å². The van der Waals surface area contributed by atoms with Gasteiger partial charge in [0.2, 0.25) is 10.0 Å². The zero-order valence-corrected chi connectivity index (χ0v) is 13.1. The smallest absolute Gasteiger partial charge is 0.251 e. The highest BCUT2D eigenvalue weighted by molar-refractivity contribution is 7.93. The highest BCUT2D eigenvalue weighted by Crippen LogP contribution is 2.24. The largest absolute Gasteiger partial charge is 0.350 e. The summed E-state index contributed by atoms with van der Waals surface area (Å²) in [4.78, 5) is 12.0. The molecule has 1 heterocycles. The molecule has 2 rings (SSSR count). The number of anilines is 1. The van der Waals surface area contributed by atoms with Gasteiger partial charge in [0.1, 0.15) is 0 Å². The van der Waals surface area contributed by atoms with Crippen molar-refractivity contribution in [3.8, 4) is 0 Å². The summed E-state index contributed by atoms with van der Waals surface area (Å²) in [6.07, 6.45) is 0.645. The van der Waals surface area contributed by atoms with Crippen LogP contribution in [0.15, 0.2) is 24.3 Å². The lowest BCUT2D eigenvalue weighted by atomic mass is 10.2. The summed E-state index contributed by atoms with van der Waals surface area (Å²) in [7, 11) is -1.34. The minimum absolute atomic E-state index is 0.159. The highest BCUT2D eigenvalue weighted by atomic mass is 32.2. The van der Waals surface area contributed by atoms with Gasteiger partial charge in [0.05, 0.1) is 11.4 Å². The molecule has 0 bridgehead atoms. The van der Waals surface area contributed by atoms with E-state index in [4.69, 9.17) is 0 Å². The molecule has 1 aliphatic heterocycles. The van der Waals surface area contributed by atoms with E-state index in [1.807, 2.05) is 14.0 Å². The van der Waals surface area contributed by atoms with E-state index in [0.29, 0.717) is 30.8 Å². The lowest BCUT2D eigenvalue weighted by Gasteiger charge is -2.17. The van der Waals surface area contributed by atoms with Crippen LogP contribution < -0.4 is 14.9 Å². The quantitative estimate of drug-likeness (QED) is 0.833. The molecule has 1 unspecified atom stereocenters. The third kappa shape index (κ3) is 3.74. The van der Waals surface area contributed by atoms with Crippen molar-refractivity contribution in [1.82, 2.24) is 10.6 Å². The molecule has 1 saturated heterocycles. The lowest BCUT2D eigenvalue weighted by Crippen LogP contribution is -2.37. The Balaban J connectivity index is 2.04. The first-order valence-corrected chi connectivity index (χ1v) is 8.61. The van der Waals surface area contributed by atoms with Gasteiger partial charge >= 0.3 is 0 Å². The molecule has 1 aromatic rings. The number of sulfonamides is 1. The molecule has 21 heavy (non-hydrogen) atoms. The fraction of sp³-hybridized carbons (Fsp3) is 0.500. The van der Waals surface area contributed by atoms with Crippen molar-refractivity contribution in [3.63, 3.8) is 0 Å². The molecule has 0 radical (unpaired) electrons. The number of hydrogen-bond acceptors (Lipinski definition) is 4. The van der Waals surface area contributed by atoms with E-state index in [1.54, 1.807) is 24.3 Å². The Labute approximate surface area is 125 Å². The van der Waals surface area contributed by atoms with Crippen molar-refractivity contribution >= 4 is 21.6 Å². The maximum absolute atomic E-state index is 12.0. The number of benzene rings is 1. The van der Waals surface area contributed by atoms with Crippen LogP contribution in [0.2, 0.25) is 0 Å². The number of carbonyl (C=O) groups excluding carboxylic acids is 1. The van der Waals surface area contributed by atoms with Crippen LogP contribution in [0.25, 0.3) is 0 Å². The normalized spacial score (nSPS) is 18.5. The van der Waals surface area contributed by atoms with E-state index < -0.39 is 10.0 Å². The van der Waals surface area contributed by atoms with Gasteiger partial charge in [0, 0.05) is 24.7 Å². The molecule has 1 atom stereocenters. The first-order valence-electron chi connectivity index (χ1n) is 7.00. The average Bonchev–Trinajstić information content (AvgIpc) is 2.84. The van der Waals surface area contributed by atoms with Crippen LogP contribution in [0.5, 0.6) is 0 Å². The predicted molar refractivity (Wildman–Crippen MR) is 83.0 cm³/mol. The standard InChI is InChI=1S/C14H21N3O3S/c1-11(15-2)10-16-14(18)12-4-6-13(7-5-12)17-8-3-9-21(17,19)20/h4-7,11,15H,3,8-10H2,1-2H3,(H,16,18). The summed E-state index contributed by atoms with van der Waals surface area (Å²) in [6, 6.07) is 6.87. The summed E-state index contributed by atoms with van der Waals surface area (Å²) in [5.41, 5.74) is 1.14. The van der Waals surface area contributed by atoms with Gasteiger partial charge in [-0.1, -0.05) is 0 Å². The molecule has 6 nitrogen and oxygen atoms in total. The second-order valence-corrected chi connectivity index (χ2v) is 7.20. The van der Waals surface area contributed by atoms with E-state index in [1.165, 1.54) is 4.31 Å². The van der Waals surface area contributed by atoms with Crippen molar-refractivity contribution < 1.29 is 13.2 Å². The molecule has 2 N–H and O–H groups in total. The van der Waals surface area contributed by atoms with Crippen LogP contribution in [0.3, 0.4) is 0 Å². The summed E-state index contributed by atoms with van der Waals surface area (Å²) in [5, 5.41) is 5.86. The number of amides is 1. The van der Waals surface area contributed by atoms with Crippen LogP contribution >= 0.6 is 0 Å². The Kier molecular flexibility index (Phi) is 4.84. The first-order chi connectivity index (χ1) is 9.94. The minimum Gasteiger partial charge on any atom is -0.350 e. The van der Waals surface area contributed by atoms with Crippen LogP contribution in [0.1, 0.15) is 23.7 Å². The minimum atomic E-state index is -3.17. The molecule has 0 saturated carbocycles. The predicted octanol–water partition coefficient (Wildman–Crippen LogP) is 0.564. The number of nitrogens with zero attached hydrogens (tertiary/aromatic N) is 1. The zero-order valence-electron chi connectivity index (χ0n) is 12.3. The third-order valence-electron chi connectivity index (χ3n) is 3.58. The number of rotatable bonds is 5. The molecule has 0 spiro atoms. The number of likely N-dealkylation sites (N-methyl/N-ethyl adjacent to an activating group) is 1. The maximum Gasteiger partial charge on any atom is 0.251 e.